The second-order valence-corrected chi connectivity index (χ2v) is 5.32. The highest BCUT2D eigenvalue weighted by Crippen LogP contribution is 2.29. The van der Waals surface area contributed by atoms with Gasteiger partial charge < -0.3 is 4.74 Å². The number of halogens is 2. The van der Waals surface area contributed by atoms with Crippen LogP contribution in [-0.2, 0) is 6.42 Å². The fourth-order valence-electron chi connectivity index (χ4n) is 1.71. The van der Waals surface area contributed by atoms with Gasteiger partial charge in [0, 0.05) is 9.50 Å². The van der Waals surface area contributed by atoms with Gasteiger partial charge in [0.1, 0.15) is 11.5 Å². The molecular weight excluding hydrogens is 326 g/mol. The first-order valence-corrected chi connectivity index (χ1v) is 6.96. The highest BCUT2D eigenvalue weighted by atomic mass is 79.9. The maximum absolute atomic E-state index is 8.93. The van der Waals surface area contributed by atoms with Crippen LogP contribution < -0.4 is 4.74 Å². The van der Waals surface area contributed by atoms with Crippen LogP contribution in [-0.4, -0.2) is 0 Å². The van der Waals surface area contributed by atoms with Gasteiger partial charge in [0.25, 0.3) is 0 Å². The molecule has 0 saturated carbocycles. The van der Waals surface area contributed by atoms with Gasteiger partial charge in [0.05, 0.1) is 11.6 Å². The van der Waals surface area contributed by atoms with Gasteiger partial charge in [-0.25, -0.2) is 0 Å². The molecule has 2 nitrogen and oxygen atoms in total. The van der Waals surface area contributed by atoms with Crippen LogP contribution in [0.2, 0.25) is 5.02 Å². The summed E-state index contributed by atoms with van der Waals surface area (Å²) in [6, 6.07) is 12.9. The van der Waals surface area contributed by atoms with Crippen molar-refractivity contribution in [2.24, 2.45) is 0 Å². The van der Waals surface area contributed by atoms with Gasteiger partial charge in [-0.2, -0.15) is 5.26 Å². The fourth-order valence-corrected chi connectivity index (χ4v) is 2.43. The van der Waals surface area contributed by atoms with Gasteiger partial charge in [0.2, 0.25) is 0 Å². The molecule has 4 heteroatoms. The summed E-state index contributed by atoms with van der Waals surface area (Å²) in [4.78, 5) is 0. The van der Waals surface area contributed by atoms with Crippen LogP contribution in [0.4, 0.5) is 0 Å². The Morgan fingerprint density at radius 2 is 2.00 bits per heavy atom. The lowest BCUT2D eigenvalue weighted by molar-refractivity contribution is 0.481. The summed E-state index contributed by atoms with van der Waals surface area (Å²) in [5, 5.41) is 9.67. The zero-order valence-electron chi connectivity index (χ0n) is 10.3. The zero-order chi connectivity index (χ0) is 13.8. The van der Waals surface area contributed by atoms with Crippen LogP contribution in [0.3, 0.4) is 0 Å². The summed E-state index contributed by atoms with van der Waals surface area (Å²) in [5.41, 5.74) is 1.59. The molecule has 0 fully saturated rings. The van der Waals surface area contributed by atoms with Crippen LogP contribution in [0.1, 0.15) is 18.1 Å². The molecule has 0 aliphatic heterocycles. The van der Waals surface area contributed by atoms with Gasteiger partial charge >= 0.3 is 0 Å². The first-order chi connectivity index (χ1) is 9.12. The average Bonchev–Trinajstić information content (AvgIpc) is 2.40. The molecule has 2 aromatic carbocycles. The first-order valence-electron chi connectivity index (χ1n) is 5.79. The Bertz CT molecular complexity index is 649. The van der Waals surface area contributed by atoms with Crippen molar-refractivity contribution in [1.82, 2.24) is 0 Å². The molecule has 0 heterocycles. The lowest BCUT2D eigenvalue weighted by Gasteiger charge is -2.09. The quantitative estimate of drug-likeness (QED) is 0.759. The molecule has 0 aliphatic carbocycles. The molecule has 96 valence electrons. The summed E-state index contributed by atoms with van der Waals surface area (Å²) in [5.74, 6) is 1.33. The molecule has 0 bridgehead atoms. The molecular formula is C15H11BrClNO. The molecule has 0 spiro atoms. The molecule has 0 amide bonds. The minimum absolute atomic E-state index is 0.550. The summed E-state index contributed by atoms with van der Waals surface area (Å²) in [6.45, 7) is 2.04. The lowest BCUT2D eigenvalue weighted by atomic mass is 10.1. The molecule has 0 saturated heterocycles. The molecule has 0 aromatic heterocycles. The molecule has 2 rings (SSSR count). The summed E-state index contributed by atoms with van der Waals surface area (Å²) < 4.78 is 6.57. The smallest absolute Gasteiger partial charge is 0.129 e. The minimum atomic E-state index is 0.550. The van der Waals surface area contributed by atoms with Crippen molar-refractivity contribution in [2.45, 2.75) is 13.3 Å². The molecule has 0 N–H and O–H groups in total. The Morgan fingerprint density at radius 3 is 2.68 bits per heavy atom. The Balaban J connectivity index is 2.31. The van der Waals surface area contributed by atoms with E-state index in [1.165, 1.54) is 0 Å². The van der Waals surface area contributed by atoms with Crippen molar-refractivity contribution in [1.29, 1.82) is 5.26 Å². The fraction of sp³-hybridized carbons (Fsp3) is 0.133. The number of hydrogen-bond acceptors (Lipinski definition) is 2. The average molecular weight is 337 g/mol. The Hall–Kier alpha value is -1.50. The van der Waals surface area contributed by atoms with Crippen molar-refractivity contribution < 1.29 is 4.74 Å². The van der Waals surface area contributed by atoms with E-state index in [1.54, 1.807) is 12.1 Å². The summed E-state index contributed by atoms with van der Waals surface area (Å²) >= 11 is 9.42. The van der Waals surface area contributed by atoms with Gasteiger partial charge in [-0.05, 0) is 48.4 Å². The van der Waals surface area contributed by atoms with E-state index in [1.807, 2.05) is 31.2 Å². The van der Waals surface area contributed by atoms with E-state index < -0.39 is 0 Å². The van der Waals surface area contributed by atoms with Gasteiger partial charge in [-0.15, -0.1) is 0 Å². The number of nitriles is 1. The Morgan fingerprint density at radius 1 is 1.21 bits per heavy atom. The third kappa shape index (κ3) is 3.50. The molecule has 0 atom stereocenters. The predicted molar refractivity (Wildman–Crippen MR) is 79.8 cm³/mol. The van der Waals surface area contributed by atoms with E-state index in [2.05, 4.69) is 22.0 Å². The summed E-state index contributed by atoms with van der Waals surface area (Å²) in [7, 11) is 0. The SMILES string of the molecule is CCc1cc(Oc2cc(Br)cc(C#N)c2)ccc1Cl. The monoisotopic (exact) mass is 335 g/mol. The molecule has 2 aromatic rings. The lowest BCUT2D eigenvalue weighted by Crippen LogP contribution is -1.89. The van der Waals surface area contributed by atoms with Crippen LogP contribution in [0.5, 0.6) is 11.5 Å². The number of rotatable bonds is 3. The standard InChI is InChI=1S/C15H11BrClNO/c1-2-11-7-13(3-4-15(11)17)19-14-6-10(9-18)5-12(16)8-14/h3-8H,2H2,1H3. The number of hydrogen-bond donors (Lipinski definition) is 0. The van der Waals surface area contributed by atoms with E-state index in [4.69, 9.17) is 21.6 Å². The van der Waals surface area contributed by atoms with Crippen molar-refractivity contribution in [2.75, 3.05) is 0 Å². The second-order valence-electron chi connectivity index (χ2n) is 4.00. The van der Waals surface area contributed by atoms with E-state index in [-0.39, 0.29) is 0 Å². The molecule has 0 aliphatic rings. The predicted octanol–water partition coefficient (Wildman–Crippen LogP) is 5.33. The molecule has 0 unspecified atom stereocenters. The second kappa shape index (κ2) is 6.10. The Labute approximate surface area is 125 Å². The highest BCUT2D eigenvalue weighted by molar-refractivity contribution is 9.10. The van der Waals surface area contributed by atoms with Gasteiger partial charge in [-0.1, -0.05) is 34.5 Å². The van der Waals surface area contributed by atoms with E-state index >= 15 is 0 Å². The first kappa shape index (κ1) is 13.9. The minimum Gasteiger partial charge on any atom is -0.457 e. The maximum Gasteiger partial charge on any atom is 0.129 e. The van der Waals surface area contributed by atoms with Crippen molar-refractivity contribution in [3.63, 3.8) is 0 Å². The van der Waals surface area contributed by atoms with Crippen molar-refractivity contribution >= 4 is 27.5 Å². The maximum atomic E-state index is 8.93. The largest absolute Gasteiger partial charge is 0.457 e. The highest BCUT2D eigenvalue weighted by Gasteiger charge is 2.04. The van der Waals surface area contributed by atoms with Crippen molar-refractivity contribution in [3.05, 3.63) is 57.0 Å². The van der Waals surface area contributed by atoms with E-state index in [0.29, 0.717) is 17.1 Å². The van der Waals surface area contributed by atoms with Crippen LogP contribution in [0, 0.1) is 11.3 Å². The number of benzene rings is 2. The number of aryl methyl sites for hydroxylation is 1. The van der Waals surface area contributed by atoms with Crippen LogP contribution in [0.25, 0.3) is 0 Å². The third-order valence-electron chi connectivity index (χ3n) is 2.63. The van der Waals surface area contributed by atoms with Crippen LogP contribution >= 0.6 is 27.5 Å². The van der Waals surface area contributed by atoms with E-state index in [0.717, 1.165) is 21.5 Å². The number of ether oxygens (including phenoxy) is 1. The van der Waals surface area contributed by atoms with Gasteiger partial charge in [-0.3, -0.25) is 0 Å². The van der Waals surface area contributed by atoms with Crippen LogP contribution in [0.15, 0.2) is 40.9 Å². The Kier molecular flexibility index (Phi) is 4.47. The normalized spacial score (nSPS) is 10.0. The molecule has 0 radical (unpaired) electrons. The molecule has 19 heavy (non-hydrogen) atoms. The summed E-state index contributed by atoms with van der Waals surface area (Å²) in [6.07, 6.45) is 0.845. The van der Waals surface area contributed by atoms with Gasteiger partial charge in [0.15, 0.2) is 0 Å². The van der Waals surface area contributed by atoms with Crippen molar-refractivity contribution in [3.8, 4) is 17.6 Å². The number of nitrogens with zero attached hydrogens (tertiary/aromatic N) is 1. The zero-order valence-corrected chi connectivity index (χ0v) is 12.6. The topological polar surface area (TPSA) is 33.0 Å². The van der Waals surface area contributed by atoms with E-state index in [9.17, 15) is 0 Å². The third-order valence-corrected chi connectivity index (χ3v) is 3.46.